The van der Waals surface area contributed by atoms with Crippen molar-refractivity contribution in [3.8, 4) is 0 Å². The van der Waals surface area contributed by atoms with Gasteiger partial charge in [-0.1, -0.05) is 43.7 Å². The molecule has 2 rings (SSSR count). The van der Waals surface area contributed by atoms with Gasteiger partial charge in [-0.3, -0.25) is 4.79 Å². The summed E-state index contributed by atoms with van der Waals surface area (Å²) in [7, 11) is 0. The molecule has 1 N–H and O–H groups in total. The van der Waals surface area contributed by atoms with Gasteiger partial charge in [0.2, 0.25) is 5.91 Å². The van der Waals surface area contributed by atoms with Crippen molar-refractivity contribution in [2.24, 2.45) is 5.92 Å². The summed E-state index contributed by atoms with van der Waals surface area (Å²) in [5, 5.41) is 3.74. The van der Waals surface area contributed by atoms with Crippen LogP contribution in [0.25, 0.3) is 0 Å². The predicted octanol–water partition coefficient (Wildman–Crippen LogP) is 3.55. The minimum atomic E-state index is 0.325. The molecule has 1 amide bonds. The van der Waals surface area contributed by atoms with Crippen LogP contribution in [0.15, 0.2) is 24.3 Å². The Bertz CT molecular complexity index is 487. The van der Waals surface area contributed by atoms with Gasteiger partial charge < -0.3 is 10.2 Å². The highest BCUT2D eigenvalue weighted by atomic mass is 16.2. The van der Waals surface area contributed by atoms with E-state index in [0.29, 0.717) is 30.3 Å². The van der Waals surface area contributed by atoms with E-state index < -0.39 is 0 Å². The van der Waals surface area contributed by atoms with Crippen LogP contribution < -0.4 is 5.32 Å². The molecular formula is C20H32N2O. The van der Waals surface area contributed by atoms with Crippen molar-refractivity contribution in [3.63, 3.8) is 0 Å². The molecule has 0 aliphatic carbocycles. The van der Waals surface area contributed by atoms with E-state index in [1.54, 1.807) is 0 Å². The molecular weight excluding hydrogens is 284 g/mol. The number of carbonyl (C=O) groups is 1. The van der Waals surface area contributed by atoms with Gasteiger partial charge in [-0.2, -0.15) is 0 Å². The van der Waals surface area contributed by atoms with E-state index in [-0.39, 0.29) is 0 Å². The topological polar surface area (TPSA) is 32.3 Å². The maximum absolute atomic E-state index is 12.1. The molecule has 128 valence electrons. The van der Waals surface area contributed by atoms with E-state index in [0.717, 1.165) is 32.4 Å². The first kappa shape index (κ1) is 18.0. The molecule has 1 aromatic rings. The van der Waals surface area contributed by atoms with Crippen LogP contribution in [0.1, 0.15) is 51.2 Å². The molecule has 1 aliphatic heterocycles. The minimum absolute atomic E-state index is 0.325. The van der Waals surface area contributed by atoms with E-state index >= 15 is 0 Å². The summed E-state index contributed by atoms with van der Waals surface area (Å²) in [5.41, 5.74) is 2.70. The molecule has 0 unspecified atom stereocenters. The van der Waals surface area contributed by atoms with E-state index in [1.807, 2.05) is 4.90 Å². The molecule has 1 saturated heterocycles. The quantitative estimate of drug-likeness (QED) is 0.870. The lowest BCUT2D eigenvalue weighted by molar-refractivity contribution is -0.133. The van der Waals surface area contributed by atoms with Crippen LogP contribution in [0.3, 0.4) is 0 Å². The van der Waals surface area contributed by atoms with Crippen LogP contribution in [0.4, 0.5) is 0 Å². The fraction of sp³-hybridized carbons (Fsp3) is 0.650. The van der Waals surface area contributed by atoms with Crippen LogP contribution in [0, 0.1) is 12.8 Å². The van der Waals surface area contributed by atoms with Gasteiger partial charge in [-0.15, -0.1) is 0 Å². The summed E-state index contributed by atoms with van der Waals surface area (Å²) in [5.74, 6) is 0.777. The average Bonchev–Trinajstić information content (AvgIpc) is 2.49. The lowest BCUT2D eigenvalue weighted by Gasteiger charge is -2.34. The normalized spacial score (nSPS) is 17.5. The second kappa shape index (κ2) is 8.49. The lowest BCUT2D eigenvalue weighted by atomic mass is 10.00. The Kier molecular flexibility index (Phi) is 6.64. The van der Waals surface area contributed by atoms with Crippen molar-refractivity contribution < 1.29 is 4.79 Å². The standard InChI is InChI=1S/C20H32N2O/c1-15(2)13-20(23)22-11-9-19(10-12-22)21-17(4)14-18-7-5-16(3)6-8-18/h5-8,15,17,19,21H,9-14H2,1-4H3/t17-/m0/s1. The Morgan fingerprint density at radius 2 is 1.78 bits per heavy atom. The Morgan fingerprint density at radius 3 is 2.35 bits per heavy atom. The molecule has 3 heteroatoms. The van der Waals surface area contributed by atoms with Gasteiger partial charge in [0.25, 0.3) is 0 Å². The van der Waals surface area contributed by atoms with Gasteiger partial charge in [0.05, 0.1) is 0 Å². The van der Waals surface area contributed by atoms with Crippen LogP contribution in [-0.2, 0) is 11.2 Å². The third-order valence-corrected chi connectivity index (χ3v) is 4.61. The third-order valence-electron chi connectivity index (χ3n) is 4.61. The summed E-state index contributed by atoms with van der Waals surface area (Å²) in [6.07, 6.45) is 3.89. The zero-order valence-electron chi connectivity index (χ0n) is 15.1. The summed E-state index contributed by atoms with van der Waals surface area (Å²) < 4.78 is 0. The number of amides is 1. The van der Waals surface area contributed by atoms with E-state index in [9.17, 15) is 4.79 Å². The zero-order chi connectivity index (χ0) is 16.8. The minimum Gasteiger partial charge on any atom is -0.343 e. The van der Waals surface area contributed by atoms with E-state index in [2.05, 4.69) is 57.3 Å². The van der Waals surface area contributed by atoms with E-state index in [4.69, 9.17) is 0 Å². The smallest absolute Gasteiger partial charge is 0.222 e. The maximum Gasteiger partial charge on any atom is 0.222 e. The van der Waals surface area contributed by atoms with Crippen LogP contribution in [0.2, 0.25) is 0 Å². The molecule has 1 aromatic carbocycles. The second-order valence-corrected chi connectivity index (χ2v) is 7.51. The number of rotatable bonds is 6. The number of likely N-dealkylation sites (tertiary alicyclic amines) is 1. The number of nitrogens with one attached hydrogen (secondary N) is 1. The molecule has 23 heavy (non-hydrogen) atoms. The van der Waals surface area contributed by atoms with Gasteiger partial charge in [0.1, 0.15) is 0 Å². The molecule has 0 spiro atoms. The first-order valence-corrected chi connectivity index (χ1v) is 9.03. The van der Waals surface area contributed by atoms with Crippen molar-refractivity contribution in [3.05, 3.63) is 35.4 Å². The predicted molar refractivity (Wildman–Crippen MR) is 96.5 cm³/mol. The maximum atomic E-state index is 12.1. The molecule has 0 saturated carbocycles. The number of hydrogen-bond acceptors (Lipinski definition) is 2. The molecule has 1 heterocycles. The van der Waals surface area contributed by atoms with Gasteiger partial charge >= 0.3 is 0 Å². The number of nitrogens with zero attached hydrogens (tertiary/aromatic N) is 1. The van der Waals surface area contributed by atoms with Crippen molar-refractivity contribution in [1.82, 2.24) is 10.2 Å². The molecule has 1 aliphatic rings. The Morgan fingerprint density at radius 1 is 1.17 bits per heavy atom. The number of piperidine rings is 1. The third kappa shape index (κ3) is 5.98. The van der Waals surface area contributed by atoms with Crippen LogP contribution in [-0.4, -0.2) is 36.0 Å². The van der Waals surface area contributed by atoms with Gasteiger partial charge in [-0.25, -0.2) is 0 Å². The van der Waals surface area contributed by atoms with Crippen molar-refractivity contribution in [2.75, 3.05) is 13.1 Å². The summed E-state index contributed by atoms with van der Waals surface area (Å²) in [4.78, 5) is 14.2. The molecule has 3 nitrogen and oxygen atoms in total. The Labute approximate surface area is 141 Å². The molecule has 1 atom stereocenters. The van der Waals surface area contributed by atoms with Gasteiger partial charge in [-0.05, 0) is 44.6 Å². The van der Waals surface area contributed by atoms with Gasteiger partial charge in [0.15, 0.2) is 0 Å². The number of aryl methyl sites for hydroxylation is 1. The van der Waals surface area contributed by atoms with Crippen molar-refractivity contribution in [2.45, 2.75) is 65.5 Å². The first-order chi connectivity index (χ1) is 10.9. The molecule has 0 radical (unpaired) electrons. The molecule has 0 bridgehead atoms. The number of carbonyl (C=O) groups excluding carboxylic acids is 1. The number of hydrogen-bond donors (Lipinski definition) is 1. The highest BCUT2D eigenvalue weighted by molar-refractivity contribution is 5.76. The van der Waals surface area contributed by atoms with E-state index in [1.165, 1.54) is 11.1 Å². The molecule has 0 aromatic heterocycles. The van der Waals surface area contributed by atoms with Gasteiger partial charge in [0, 0.05) is 31.6 Å². The first-order valence-electron chi connectivity index (χ1n) is 9.03. The highest BCUT2D eigenvalue weighted by Gasteiger charge is 2.23. The highest BCUT2D eigenvalue weighted by Crippen LogP contribution is 2.15. The largest absolute Gasteiger partial charge is 0.343 e. The lowest BCUT2D eigenvalue weighted by Crippen LogP contribution is -2.47. The van der Waals surface area contributed by atoms with Crippen LogP contribution >= 0.6 is 0 Å². The number of benzene rings is 1. The zero-order valence-corrected chi connectivity index (χ0v) is 15.1. The monoisotopic (exact) mass is 316 g/mol. The summed E-state index contributed by atoms with van der Waals surface area (Å²) in [6.45, 7) is 10.4. The van der Waals surface area contributed by atoms with Crippen molar-refractivity contribution in [1.29, 1.82) is 0 Å². The molecule has 1 fully saturated rings. The Balaban J connectivity index is 1.73. The average molecular weight is 316 g/mol. The SMILES string of the molecule is Cc1ccc(C[C@H](C)NC2CCN(C(=O)CC(C)C)CC2)cc1. The Hall–Kier alpha value is -1.35. The summed E-state index contributed by atoms with van der Waals surface area (Å²) in [6, 6.07) is 9.82. The van der Waals surface area contributed by atoms with Crippen LogP contribution in [0.5, 0.6) is 0 Å². The summed E-state index contributed by atoms with van der Waals surface area (Å²) >= 11 is 0. The van der Waals surface area contributed by atoms with Crippen molar-refractivity contribution >= 4 is 5.91 Å². The fourth-order valence-electron chi connectivity index (χ4n) is 3.31. The second-order valence-electron chi connectivity index (χ2n) is 7.51. The fourth-order valence-corrected chi connectivity index (χ4v) is 3.31.